The van der Waals surface area contributed by atoms with Gasteiger partial charge in [0.15, 0.2) is 0 Å². The highest BCUT2D eigenvalue weighted by molar-refractivity contribution is 6.46. The van der Waals surface area contributed by atoms with Gasteiger partial charge in [0.25, 0.3) is 17.7 Å². The van der Waals surface area contributed by atoms with Crippen LogP contribution in [0.2, 0.25) is 0 Å². The third kappa shape index (κ3) is 6.25. The maximum absolute atomic E-state index is 13.3. The van der Waals surface area contributed by atoms with E-state index in [9.17, 15) is 14.7 Å². The van der Waals surface area contributed by atoms with Gasteiger partial charge in [-0.25, -0.2) is 4.98 Å². The number of ether oxygens (including phenoxy) is 1. The Kier molecular flexibility index (Phi) is 8.72. The number of aliphatic hydroxyl groups excluding tert-OH is 1. The lowest BCUT2D eigenvalue weighted by Crippen LogP contribution is -2.31. The van der Waals surface area contributed by atoms with Crippen LogP contribution in [0.5, 0.6) is 5.75 Å². The quantitative estimate of drug-likeness (QED) is 0.245. The predicted molar refractivity (Wildman–Crippen MR) is 150 cm³/mol. The summed E-state index contributed by atoms with van der Waals surface area (Å²) in [6.07, 6.45) is 6.77. The summed E-state index contributed by atoms with van der Waals surface area (Å²) in [4.78, 5) is 41.2. The zero-order valence-corrected chi connectivity index (χ0v) is 23.2. The van der Waals surface area contributed by atoms with E-state index in [1.165, 1.54) is 5.56 Å². The van der Waals surface area contributed by atoms with E-state index in [2.05, 4.69) is 18.8 Å². The first kappa shape index (κ1) is 28.6. The Morgan fingerprint density at radius 1 is 1.10 bits per heavy atom. The number of likely N-dealkylation sites (tertiary alicyclic amines) is 1. The molecule has 5 rings (SSSR count). The molecule has 0 radical (unpaired) electrons. The van der Waals surface area contributed by atoms with Crippen molar-refractivity contribution in [2.45, 2.75) is 65.1 Å². The largest absolute Gasteiger partial charge is 0.507 e. The van der Waals surface area contributed by atoms with Gasteiger partial charge >= 0.3 is 0 Å². The van der Waals surface area contributed by atoms with Crippen LogP contribution in [0.4, 0.5) is 0 Å². The lowest BCUT2D eigenvalue weighted by atomic mass is 9.92. The molecule has 3 aromatic rings. The van der Waals surface area contributed by atoms with Gasteiger partial charge in [-0.15, -0.1) is 0 Å². The maximum atomic E-state index is 13.3. The Morgan fingerprint density at radius 2 is 1.80 bits per heavy atom. The maximum Gasteiger partial charge on any atom is 0.300 e. The number of hydrogen-bond donors (Lipinski definition) is 2. The number of aryl methyl sites for hydroxylation is 1. The van der Waals surface area contributed by atoms with Crippen LogP contribution < -0.4 is 4.74 Å². The summed E-state index contributed by atoms with van der Waals surface area (Å²) in [7, 11) is 0. The summed E-state index contributed by atoms with van der Waals surface area (Å²) in [5.41, 5.74) is 3.61. The van der Waals surface area contributed by atoms with Crippen LogP contribution in [0, 0.1) is 0 Å². The lowest BCUT2D eigenvalue weighted by molar-refractivity contribution is -0.140. The molecule has 1 aromatic heterocycles. The molecule has 2 unspecified atom stereocenters. The zero-order valence-electron chi connectivity index (χ0n) is 23.2. The number of ketones is 1. The first-order valence-electron chi connectivity index (χ1n) is 13.4. The Labute approximate surface area is 233 Å². The van der Waals surface area contributed by atoms with Crippen LogP contribution in [0.1, 0.15) is 68.3 Å². The summed E-state index contributed by atoms with van der Waals surface area (Å²) < 4.78 is 7.73. The highest BCUT2D eigenvalue weighted by Crippen LogP contribution is 2.41. The fourth-order valence-corrected chi connectivity index (χ4v) is 5.09. The number of carbonyl (C=O) groups is 3. The number of benzene rings is 2. The van der Waals surface area contributed by atoms with E-state index in [0.717, 1.165) is 30.2 Å². The molecule has 2 atom stereocenters. The van der Waals surface area contributed by atoms with E-state index < -0.39 is 23.7 Å². The molecule has 2 aliphatic rings. The van der Waals surface area contributed by atoms with Crippen molar-refractivity contribution in [3.05, 3.63) is 89.0 Å². The van der Waals surface area contributed by atoms with Gasteiger partial charge in [0, 0.05) is 44.4 Å². The molecule has 2 N–H and O–H groups in total. The van der Waals surface area contributed by atoms with Gasteiger partial charge < -0.3 is 24.4 Å². The van der Waals surface area contributed by atoms with E-state index in [-0.39, 0.29) is 17.4 Å². The zero-order chi connectivity index (χ0) is 29.0. The number of amides is 1. The summed E-state index contributed by atoms with van der Waals surface area (Å²) in [5, 5.41) is 18.8. The molecule has 0 saturated carbocycles. The Hall–Kier alpha value is -4.40. The van der Waals surface area contributed by atoms with Gasteiger partial charge in [0.05, 0.1) is 17.9 Å². The fraction of sp³-hybridized carbons (Fsp3) is 0.355. The van der Waals surface area contributed by atoms with Crippen molar-refractivity contribution < 1.29 is 29.3 Å². The van der Waals surface area contributed by atoms with Crippen molar-refractivity contribution in [3.8, 4) is 5.75 Å². The highest BCUT2D eigenvalue weighted by Gasteiger charge is 2.45. The minimum absolute atomic E-state index is 0.0675. The number of aliphatic hydroxyl groups is 1. The standard InChI is InChI=1S/C29H31N3O4.C2H4O2/c1-18(2)20-5-7-21(8-6-20)26-25(27(33)22-9-10-24-23(16-22)15-19(3)36-24)28(34)29(35)32(26)13-4-12-31-14-11-30-17-31;1-2(3)4/h5-11,14,16-19,26,33H,4,12-13,15H2,1-3H3;1H3,(H,3,4)/b27-25+;. The first-order chi connectivity index (χ1) is 19.1. The number of carbonyl (C=O) groups excluding carboxylic acids is 2. The number of carboxylic acids is 1. The van der Waals surface area contributed by atoms with Crippen molar-refractivity contribution in [2.75, 3.05) is 6.54 Å². The van der Waals surface area contributed by atoms with Crippen molar-refractivity contribution in [3.63, 3.8) is 0 Å². The lowest BCUT2D eigenvalue weighted by Gasteiger charge is -2.26. The summed E-state index contributed by atoms with van der Waals surface area (Å²) >= 11 is 0. The van der Waals surface area contributed by atoms with E-state index in [1.807, 2.05) is 54.1 Å². The van der Waals surface area contributed by atoms with Crippen LogP contribution in [0.25, 0.3) is 5.76 Å². The van der Waals surface area contributed by atoms with Gasteiger partial charge in [-0.3, -0.25) is 14.4 Å². The molecule has 3 heterocycles. The van der Waals surface area contributed by atoms with Gasteiger partial charge in [0.2, 0.25) is 0 Å². The molecular formula is C31H35N3O6. The Balaban J connectivity index is 0.000000867. The smallest absolute Gasteiger partial charge is 0.300 e. The van der Waals surface area contributed by atoms with E-state index in [4.69, 9.17) is 14.6 Å². The topological polar surface area (TPSA) is 122 Å². The van der Waals surface area contributed by atoms with Crippen LogP contribution in [-0.4, -0.2) is 55.0 Å². The SMILES string of the molecule is CC(=O)O.CC1Cc2cc(/C(O)=C3\C(=O)C(=O)N(CCCn4ccnc4)C3c3ccc(C(C)C)cc3)ccc2O1. The summed E-state index contributed by atoms with van der Waals surface area (Å²) in [5.74, 6) is -1.07. The Bertz CT molecular complexity index is 1410. The number of hydrogen-bond acceptors (Lipinski definition) is 6. The summed E-state index contributed by atoms with van der Waals surface area (Å²) in [6, 6.07) is 12.7. The third-order valence-electron chi connectivity index (χ3n) is 7.00. The van der Waals surface area contributed by atoms with Crippen molar-refractivity contribution in [1.82, 2.24) is 14.5 Å². The van der Waals surface area contributed by atoms with E-state index >= 15 is 0 Å². The second kappa shape index (κ2) is 12.2. The van der Waals surface area contributed by atoms with Gasteiger partial charge in [0.1, 0.15) is 17.6 Å². The van der Waals surface area contributed by atoms with E-state index in [1.54, 1.807) is 23.5 Å². The normalized spacial score (nSPS) is 19.3. The minimum Gasteiger partial charge on any atom is -0.507 e. The average molecular weight is 546 g/mol. The van der Waals surface area contributed by atoms with Crippen LogP contribution in [0.15, 0.2) is 66.8 Å². The number of imidazole rings is 1. The number of fused-ring (bicyclic) bond motifs is 1. The molecule has 1 saturated heterocycles. The number of aromatic nitrogens is 2. The Morgan fingerprint density at radius 3 is 2.42 bits per heavy atom. The molecular weight excluding hydrogens is 510 g/mol. The molecule has 0 bridgehead atoms. The van der Waals surface area contributed by atoms with Crippen molar-refractivity contribution >= 4 is 23.4 Å². The molecule has 0 aliphatic carbocycles. The molecule has 2 aromatic carbocycles. The number of carboxylic acid groups (broad SMARTS) is 1. The number of nitrogens with zero attached hydrogens (tertiary/aromatic N) is 3. The number of rotatable bonds is 7. The average Bonchev–Trinajstić information content (AvgIpc) is 3.62. The first-order valence-corrected chi connectivity index (χ1v) is 13.4. The van der Waals surface area contributed by atoms with Gasteiger partial charge in [-0.05, 0) is 54.2 Å². The van der Waals surface area contributed by atoms with Gasteiger partial charge in [-0.1, -0.05) is 38.1 Å². The second-order valence-electron chi connectivity index (χ2n) is 10.4. The molecule has 2 aliphatic heterocycles. The highest BCUT2D eigenvalue weighted by atomic mass is 16.5. The summed E-state index contributed by atoms with van der Waals surface area (Å²) in [6.45, 7) is 8.37. The predicted octanol–water partition coefficient (Wildman–Crippen LogP) is 4.93. The van der Waals surface area contributed by atoms with Crippen LogP contribution in [0.3, 0.4) is 0 Å². The van der Waals surface area contributed by atoms with Crippen molar-refractivity contribution in [1.29, 1.82) is 0 Å². The monoisotopic (exact) mass is 545 g/mol. The molecule has 9 nitrogen and oxygen atoms in total. The van der Waals surface area contributed by atoms with E-state index in [0.29, 0.717) is 31.0 Å². The number of aliphatic carboxylic acids is 1. The molecule has 210 valence electrons. The molecule has 40 heavy (non-hydrogen) atoms. The molecule has 9 heteroatoms. The number of Topliss-reactive ketones (excluding diaryl/α,β-unsaturated/α-hetero) is 1. The van der Waals surface area contributed by atoms with Crippen molar-refractivity contribution in [2.24, 2.45) is 0 Å². The third-order valence-corrected chi connectivity index (χ3v) is 7.00. The van der Waals surface area contributed by atoms with Crippen LogP contribution in [-0.2, 0) is 27.3 Å². The molecule has 1 amide bonds. The minimum atomic E-state index is -0.833. The van der Waals surface area contributed by atoms with Crippen LogP contribution >= 0.6 is 0 Å². The molecule has 1 fully saturated rings. The van der Waals surface area contributed by atoms with Gasteiger partial charge in [-0.2, -0.15) is 0 Å². The molecule has 0 spiro atoms. The fourth-order valence-electron chi connectivity index (χ4n) is 5.09. The second-order valence-corrected chi connectivity index (χ2v) is 10.4.